The van der Waals surface area contributed by atoms with Crippen molar-refractivity contribution in [3.8, 4) is 5.75 Å². The molecule has 2 aromatic carbocycles. The topological polar surface area (TPSA) is 62.3 Å². The number of likely N-dealkylation sites (tertiary alicyclic amines) is 1. The van der Waals surface area contributed by atoms with Crippen molar-refractivity contribution in [2.45, 2.75) is 57.2 Å². The van der Waals surface area contributed by atoms with E-state index in [4.69, 9.17) is 9.47 Å². The highest BCUT2D eigenvalue weighted by Gasteiger charge is 2.57. The highest BCUT2D eigenvalue weighted by atomic mass is 16.5. The molecule has 1 spiro atoms. The Hall–Kier alpha value is -2.90. The predicted octanol–water partition coefficient (Wildman–Crippen LogP) is 4.35. The second kappa shape index (κ2) is 11.9. The summed E-state index contributed by atoms with van der Waals surface area (Å²) in [7, 11) is 3.29. The van der Waals surface area contributed by atoms with E-state index in [-0.39, 0.29) is 18.5 Å². The zero-order valence-electron chi connectivity index (χ0n) is 21.8. The second-order valence-corrected chi connectivity index (χ2v) is 9.96. The average molecular weight is 494 g/mol. The van der Waals surface area contributed by atoms with Gasteiger partial charge in [-0.05, 0) is 62.3 Å². The van der Waals surface area contributed by atoms with Gasteiger partial charge in [-0.1, -0.05) is 42.5 Å². The number of hydrogen-bond donors (Lipinski definition) is 0. The summed E-state index contributed by atoms with van der Waals surface area (Å²) in [6.45, 7) is 5.27. The molecule has 36 heavy (non-hydrogen) atoms. The Morgan fingerprint density at radius 2 is 1.64 bits per heavy atom. The molecule has 0 aromatic heterocycles. The van der Waals surface area contributed by atoms with Crippen molar-refractivity contribution >= 4 is 11.9 Å². The molecule has 2 saturated heterocycles. The zero-order chi connectivity index (χ0) is 25.5. The van der Waals surface area contributed by atoms with Gasteiger partial charge < -0.3 is 19.3 Å². The molecule has 2 heterocycles. The van der Waals surface area contributed by atoms with Crippen molar-refractivity contribution in [3.05, 3.63) is 65.7 Å². The van der Waals surface area contributed by atoms with E-state index in [1.807, 2.05) is 35.2 Å². The number of carbonyl (C=O) groups is 2. The van der Waals surface area contributed by atoms with E-state index in [1.165, 1.54) is 10.5 Å². The fraction of sp³-hybridized carbons (Fsp3) is 0.517. The lowest BCUT2D eigenvalue weighted by molar-refractivity contribution is -0.136. The van der Waals surface area contributed by atoms with Crippen molar-refractivity contribution in [3.63, 3.8) is 0 Å². The van der Waals surface area contributed by atoms with E-state index in [1.54, 1.807) is 14.2 Å². The molecule has 2 fully saturated rings. The van der Waals surface area contributed by atoms with Crippen LogP contribution in [0, 0.1) is 0 Å². The van der Waals surface area contributed by atoms with Gasteiger partial charge in [-0.2, -0.15) is 0 Å². The van der Waals surface area contributed by atoms with Crippen LogP contribution in [0.15, 0.2) is 54.6 Å². The molecule has 2 aliphatic heterocycles. The van der Waals surface area contributed by atoms with Gasteiger partial charge in [0.1, 0.15) is 11.3 Å². The molecule has 0 radical (unpaired) electrons. The van der Waals surface area contributed by atoms with Gasteiger partial charge in [0, 0.05) is 39.4 Å². The van der Waals surface area contributed by atoms with Crippen LogP contribution in [0.4, 0.5) is 4.79 Å². The lowest BCUT2D eigenvalue weighted by Crippen LogP contribution is -2.58. The van der Waals surface area contributed by atoms with Gasteiger partial charge in [-0.3, -0.25) is 9.69 Å². The van der Waals surface area contributed by atoms with Gasteiger partial charge in [0.15, 0.2) is 0 Å². The second-order valence-electron chi connectivity index (χ2n) is 9.96. The number of benzene rings is 2. The third kappa shape index (κ3) is 5.57. The van der Waals surface area contributed by atoms with Gasteiger partial charge >= 0.3 is 6.03 Å². The van der Waals surface area contributed by atoms with Crippen molar-refractivity contribution in [1.29, 1.82) is 0 Å². The monoisotopic (exact) mass is 493 g/mol. The lowest BCUT2D eigenvalue weighted by Gasteiger charge is -2.44. The standard InChI is InChI=1S/C29H39N3O4/c1-23(10-11-24-8-5-4-6-9-24)30-19-16-29(17-20-30)27(33)31(28(34)32(29)18-7-21-35-2)22-25-12-14-26(36-3)15-13-25/h4-6,8-9,12-15,23H,7,10-11,16-22H2,1-3H3. The Bertz CT molecular complexity index is 1000. The minimum absolute atomic E-state index is 0.0580. The molecule has 2 aromatic rings. The lowest BCUT2D eigenvalue weighted by atomic mass is 9.84. The van der Waals surface area contributed by atoms with Crippen LogP contribution < -0.4 is 4.74 Å². The molecular formula is C29H39N3O4. The Labute approximate surface area is 215 Å². The zero-order valence-corrected chi connectivity index (χ0v) is 21.8. The van der Waals surface area contributed by atoms with E-state index >= 15 is 0 Å². The number of carbonyl (C=O) groups excluding carboxylic acids is 2. The van der Waals surface area contributed by atoms with Gasteiger partial charge in [0.05, 0.1) is 13.7 Å². The van der Waals surface area contributed by atoms with Crippen molar-refractivity contribution in [2.24, 2.45) is 0 Å². The summed E-state index contributed by atoms with van der Waals surface area (Å²) in [6, 6.07) is 18.4. The summed E-state index contributed by atoms with van der Waals surface area (Å²) in [4.78, 5) is 33.1. The first-order valence-corrected chi connectivity index (χ1v) is 13.0. The molecule has 1 atom stereocenters. The van der Waals surface area contributed by atoms with Crippen molar-refractivity contribution in [2.75, 3.05) is 40.5 Å². The molecule has 7 nitrogen and oxygen atoms in total. The Kier molecular flexibility index (Phi) is 8.64. The normalized spacial score (nSPS) is 18.8. The maximum Gasteiger partial charge on any atom is 0.327 e. The number of urea groups is 1. The Balaban J connectivity index is 1.44. The number of piperidine rings is 1. The van der Waals surface area contributed by atoms with Crippen LogP contribution in [0.2, 0.25) is 0 Å². The summed E-state index contributed by atoms with van der Waals surface area (Å²) in [5.41, 5.74) is 1.51. The van der Waals surface area contributed by atoms with Crippen LogP contribution in [-0.4, -0.2) is 78.7 Å². The summed E-state index contributed by atoms with van der Waals surface area (Å²) < 4.78 is 10.5. The first kappa shape index (κ1) is 26.2. The highest BCUT2D eigenvalue weighted by Crippen LogP contribution is 2.39. The molecule has 2 aliphatic rings. The molecule has 3 amide bonds. The fourth-order valence-electron chi connectivity index (χ4n) is 5.53. The van der Waals surface area contributed by atoms with Crippen LogP contribution in [0.5, 0.6) is 5.75 Å². The molecule has 0 bridgehead atoms. The number of hydrogen-bond acceptors (Lipinski definition) is 5. The smallest absolute Gasteiger partial charge is 0.327 e. The van der Waals surface area contributed by atoms with Crippen LogP contribution in [0.1, 0.15) is 43.7 Å². The molecular weight excluding hydrogens is 454 g/mol. The summed E-state index contributed by atoms with van der Waals surface area (Å²) in [5, 5.41) is 0. The fourth-order valence-corrected chi connectivity index (χ4v) is 5.53. The van der Waals surface area contributed by atoms with E-state index in [0.29, 0.717) is 38.5 Å². The Morgan fingerprint density at radius 1 is 0.944 bits per heavy atom. The summed E-state index contributed by atoms with van der Waals surface area (Å²) in [6.07, 6.45) is 4.16. The molecule has 7 heteroatoms. The van der Waals surface area contributed by atoms with E-state index in [2.05, 4.69) is 36.1 Å². The first-order valence-electron chi connectivity index (χ1n) is 13.0. The molecule has 0 N–H and O–H groups in total. The summed E-state index contributed by atoms with van der Waals surface area (Å²) in [5.74, 6) is 0.696. The van der Waals surface area contributed by atoms with Crippen molar-refractivity contribution < 1.29 is 19.1 Å². The van der Waals surface area contributed by atoms with E-state index < -0.39 is 5.54 Å². The maximum atomic E-state index is 13.8. The van der Waals surface area contributed by atoms with E-state index in [9.17, 15) is 9.59 Å². The van der Waals surface area contributed by atoms with Crippen LogP contribution in [0.25, 0.3) is 0 Å². The highest BCUT2D eigenvalue weighted by molar-refractivity contribution is 6.07. The first-order chi connectivity index (χ1) is 17.5. The third-order valence-corrected chi connectivity index (χ3v) is 7.79. The number of ether oxygens (including phenoxy) is 2. The minimum atomic E-state index is -0.757. The third-order valence-electron chi connectivity index (χ3n) is 7.79. The molecule has 0 saturated carbocycles. The average Bonchev–Trinajstić information content (AvgIpc) is 3.10. The molecule has 4 rings (SSSR count). The number of amides is 3. The van der Waals surface area contributed by atoms with Gasteiger partial charge in [0.25, 0.3) is 5.91 Å². The van der Waals surface area contributed by atoms with Gasteiger partial charge in [-0.25, -0.2) is 4.79 Å². The van der Waals surface area contributed by atoms with Gasteiger partial charge in [-0.15, -0.1) is 0 Å². The largest absolute Gasteiger partial charge is 0.497 e. The number of imide groups is 1. The Morgan fingerprint density at radius 3 is 2.28 bits per heavy atom. The van der Waals surface area contributed by atoms with Crippen LogP contribution in [-0.2, 0) is 22.5 Å². The number of methoxy groups -OCH3 is 2. The molecule has 1 unspecified atom stereocenters. The number of nitrogens with zero attached hydrogens (tertiary/aromatic N) is 3. The molecule has 0 aliphatic carbocycles. The van der Waals surface area contributed by atoms with Crippen LogP contribution >= 0.6 is 0 Å². The quantitative estimate of drug-likeness (QED) is 0.344. The maximum absolute atomic E-state index is 13.8. The van der Waals surface area contributed by atoms with E-state index in [0.717, 1.165) is 37.2 Å². The SMILES string of the molecule is COCCCN1C(=O)N(Cc2ccc(OC)cc2)C(=O)C12CCN(C(C)CCc1ccccc1)CC2. The number of rotatable bonds is 11. The number of aryl methyl sites for hydroxylation is 1. The molecule has 194 valence electrons. The van der Waals surface area contributed by atoms with Gasteiger partial charge in [0.2, 0.25) is 0 Å². The summed E-state index contributed by atoms with van der Waals surface area (Å²) >= 11 is 0. The predicted molar refractivity (Wildman–Crippen MR) is 140 cm³/mol. The minimum Gasteiger partial charge on any atom is -0.497 e. The van der Waals surface area contributed by atoms with Crippen LogP contribution in [0.3, 0.4) is 0 Å². The van der Waals surface area contributed by atoms with Crippen molar-refractivity contribution in [1.82, 2.24) is 14.7 Å².